The van der Waals surface area contributed by atoms with Gasteiger partial charge in [-0.05, 0) is 17.7 Å². The van der Waals surface area contributed by atoms with Gasteiger partial charge in [-0.1, -0.05) is 6.07 Å². The first-order chi connectivity index (χ1) is 12.1. The lowest BCUT2D eigenvalue weighted by Crippen LogP contribution is -2.19. The molecule has 0 spiro atoms. The first-order valence-electron chi connectivity index (χ1n) is 6.92. The average molecular weight is 384 g/mol. The highest BCUT2D eigenvalue weighted by Crippen LogP contribution is 2.30. The van der Waals surface area contributed by atoms with Gasteiger partial charge in [0.2, 0.25) is 11.6 Å². The van der Waals surface area contributed by atoms with Crippen LogP contribution in [-0.2, 0) is 6.54 Å². The molecule has 0 saturated carbocycles. The van der Waals surface area contributed by atoms with E-state index in [1.54, 1.807) is 0 Å². The number of hydrogen-bond donors (Lipinski definition) is 1. The molecule has 0 aliphatic carbocycles. The maximum atomic E-state index is 13.5. The number of nitrogens with zero attached hydrogens (tertiary/aromatic N) is 1. The Hall–Kier alpha value is -2.72. The van der Waals surface area contributed by atoms with Gasteiger partial charge in [-0.2, -0.15) is 35.7 Å². The Kier molecular flexibility index (Phi) is 5.78. The Labute approximate surface area is 142 Å². The molecule has 0 aliphatic heterocycles. The number of aromatic nitrogens is 1. The molecule has 1 aromatic heterocycles. The third-order valence-corrected chi connectivity index (χ3v) is 3.09. The molecule has 0 fully saturated rings. The number of halogens is 7. The number of ether oxygens (including phenoxy) is 2. The van der Waals surface area contributed by atoms with E-state index in [2.05, 4.69) is 15.0 Å². The third kappa shape index (κ3) is 4.67. The predicted molar refractivity (Wildman–Crippen MR) is 75.9 cm³/mol. The summed E-state index contributed by atoms with van der Waals surface area (Å²) in [6, 6.07) is 3.68. The van der Waals surface area contributed by atoms with Gasteiger partial charge in [0.15, 0.2) is 18.1 Å². The molecule has 0 unspecified atom stereocenters. The molecular formula is C15H11F7N2O2. The van der Waals surface area contributed by atoms with Crippen LogP contribution >= 0.6 is 0 Å². The zero-order chi connectivity index (χ0) is 19.5. The number of hydrogen-bond acceptors (Lipinski definition) is 4. The minimum Gasteiger partial charge on any atom is -0.493 e. The van der Waals surface area contributed by atoms with Gasteiger partial charge in [0.05, 0.1) is 7.11 Å². The minimum atomic E-state index is -4.55. The Bertz CT molecular complexity index is 770. The van der Waals surface area contributed by atoms with Crippen molar-refractivity contribution in [2.75, 3.05) is 19.0 Å². The van der Waals surface area contributed by atoms with Crippen LogP contribution in [0.25, 0.3) is 0 Å². The van der Waals surface area contributed by atoms with Gasteiger partial charge >= 0.3 is 6.18 Å². The molecule has 0 atom stereocenters. The van der Waals surface area contributed by atoms with Crippen LogP contribution in [0.3, 0.4) is 0 Å². The molecule has 0 saturated heterocycles. The van der Waals surface area contributed by atoms with E-state index in [9.17, 15) is 30.7 Å². The number of pyridine rings is 1. The zero-order valence-electron chi connectivity index (χ0n) is 13.1. The summed E-state index contributed by atoms with van der Waals surface area (Å²) in [5.74, 6) is -7.32. The van der Waals surface area contributed by atoms with Crippen molar-refractivity contribution in [2.24, 2.45) is 0 Å². The molecule has 142 valence electrons. The normalized spacial score (nSPS) is 11.4. The molecule has 1 heterocycles. The number of methoxy groups -OCH3 is 1. The van der Waals surface area contributed by atoms with Gasteiger partial charge in [-0.15, -0.1) is 0 Å². The molecular weight excluding hydrogens is 373 g/mol. The van der Waals surface area contributed by atoms with E-state index in [4.69, 9.17) is 4.74 Å². The quantitative estimate of drug-likeness (QED) is 0.599. The fourth-order valence-corrected chi connectivity index (χ4v) is 1.93. The molecule has 0 aliphatic rings. The molecule has 0 radical (unpaired) electrons. The molecule has 0 bridgehead atoms. The second kappa shape index (κ2) is 7.67. The number of anilines is 1. The number of benzene rings is 1. The Morgan fingerprint density at radius 3 is 2.15 bits per heavy atom. The van der Waals surface area contributed by atoms with Crippen LogP contribution in [0.5, 0.6) is 11.5 Å². The monoisotopic (exact) mass is 384 g/mol. The van der Waals surface area contributed by atoms with Crippen molar-refractivity contribution in [2.45, 2.75) is 12.7 Å². The van der Waals surface area contributed by atoms with Gasteiger partial charge in [-0.25, -0.2) is 0 Å². The van der Waals surface area contributed by atoms with Crippen molar-refractivity contribution in [1.29, 1.82) is 0 Å². The highest BCUT2D eigenvalue weighted by molar-refractivity contribution is 5.48. The van der Waals surface area contributed by atoms with Crippen LogP contribution in [0.15, 0.2) is 18.2 Å². The molecule has 11 heteroatoms. The van der Waals surface area contributed by atoms with E-state index in [1.807, 2.05) is 0 Å². The molecule has 1 aromatic carbocycles. The van der Waals surface area contributed by atoms with E-state index in [-0.39, 0.29) is 23.6 Å². The van der Waals surface area contributed by atoms with E-state index in [0.717, 1.165) is 6.07 Å². The highest BCUT2D eigenvalue weighted by atomic mass is 19.4. The fourth-order valence-electron chi connectivity index (χ4n) is 1.93. The van der Waals surface area contributed by atoms with Gasteiger partial charge in [0.1, 0.15) is 5.69 Å². The number of rotatable bonds is 6. The molecule has 1 N–H and O–H groups in total. The van der Waals surface area contributed by atoms with Crippen molar-refractivity contribution in [1.82, 2.24) is 4.98 Å². The highest BCUT2D eigenvalue weighted by Gasteiger charge is 2.29. The summed E-state index contributed by atoms with van der Waals surface area (Å²) in [5.41, 5.74) is -0.774. The maximum absolute atomic E-state index is 13.5. The van der Waals surface area contributed by atoms with Crippen molar-refractivity contribution >= 4 is 5.69 Å². The lowest BCUT2D eigenvalue weighted by atomic mass is 10.2. The van der Waals surface area contributed by atoms with Crippen LogP contribution < -0.4 is 14.8 Å². The molecule has 2 rings (SSSR count). The van der Waals surface area contributed by atoms with E-state index in [1.165, 1.54) is 19.2 Å². The van der Waals surface area contributed by atoms with Crippen molar-refractivity contribution in [3.63, 3.8) is 0 Å². The van der Waals surface area contributed by atoms with Crippen LogP contribution in [-0.4, -0.2) is 24.9 Å². The summed E-state index contributed by atoms with van der Waals surface area (Å²) >= 11 is 0. The second-order valence-corrected chi connectivity index (χ2v) is 4.94. The lowest BCUT2D eigenvalue weighted by Gasteiger charge is -2.14. The van der Waals surface area contributed by atoms with E-state index in [0.29, 0.717) is 0 Å². The molecule has 4 nitrogen and oxygen atoms in total. The Morgan fingerprint density at radius 1 is 1.00 bits per heavy atom. The van der Waals surface area contributed by atoms with E-state index >= 15 is 0 Å². The minimum absolute atomic E-state index is 0.0680. The van der Waals surface area contributed by atoms with Crippen LogP contribution in [0.2, 0.25) is 0 Å². The smallest absolute Gasteiger partial charge is 0.422 e. The largest absolute Gasteiger partial charge is 0.493 e. The van der Waals surface area contributed by atoms with Gasteiger partial charge in [-0.3, -0.25) is 0 Å². The standard InChI is InChI=1S/C15H11F7N2O2/c1-25-9-4-7(2-3-8(9)26-6-15(20,21)22)5-23-12-10(16)13(18)24-14(19)11(12)17/h2-4H,5-6H2,1H3,(H,23,24). The van der Waals surface area contributed by atoms with Crippen LogP contribution in [0, 0.1) is 23.5 Å². The molecule has 2 aromatic rings. The number of alkyl halides is 3. The summed E-state index contributed by atoms with van der Waals surface area (Å²) in [6.07, 6.45) is -4.55. The van der Waals surface area contributed by atoms with Gasteiger partial charge < -0.3 is 14.8 Å². The fraction of sp³-hybridized carbons (Fsp3) is 0.267. The van der Waals surface area contributed by atoms with Crippen molar-refractivity contribution < 1.29 is 40.2 Å². The predicted octanol–water partition coefficient (Wildman–Crippen LogP) is 4.20. The average Bonchev–Trinajstić information content (AvgIpc) is 2.57. The van der Waals surface area contributed by atoms with E-state index < -0.39 is 42.0 Å². The first kappa shape index (κ1) is 19.6. The molecule has 0 amide bonds. The summed E-state index contributed by atoms with van der Waals surface area (Å²) in [7, 11) is 1.18. The van der Waals surface area contributed by atoms with Crippen LogP contribution in [0.4, 0.5) is 36.4 Å². The topological polar surface area (TPSA) is 43.4 Å². The first-order valence-corrected chi connectivity index (χ1v) is 6.92. The van der Waals surface area contributed by atoms with Crippen molar-refractivity contribution in [3.8, 4) is 11.5 Å². The second-order valence-electron chi connectivity index (χ2n) is 4.94. The van der Waals surface area contributed by atoms with Gasteiger partial charge in [0, 0.05) is 6.54 Å². The van der Waals surface area contributed by atoms with Gasteiger partial charge in [0.25, 0.3) is 11.9 Å². The lowest BCUT2D eigenvalue weighted by molar-refractivity contribution is -0.153. The summed E-state index contributed by atoms with van der Waals surface area (Å²) in [6.45, 7) is -1.85. The number of nitrogens with one attached hydrogen (secondary N) is 1. The van der Waals surface area contributed by atoms with Crippen molar-refractivity contribution in [3.05, 3.63) is 47.3 Å². The summed E-state index contributed by atoms with van der Waals surface area (Å²) in [5, 5.41) is 2.16. The summed E-state index contributed by atoms with van der Waals surface area (Å²) < 4.78 is 99.1. The summed E-state index contributed by atoms with van der Waals surface area (Å²) in [4.78, 5) is 2.42. The van der Waals surface area contributed by atoms with Crippen LogP contribution in [0.1, 0.15) is 5.56 Å². The SMILES string of the molecule is COc1cc(CNc2c(F)c(F)nc(F)c2F)ccc1OCC(F)(F)F. The Morgan fingerprint density at radius 2 is 1.62 bits per heavy atom. The molecule has 26 heavy (non-hydrogen) atoms. The maximum Gasteiger partial charge on any atom is 0.422 e. The third-order valence-electron chi connectivity index (χ3n) is 3.09. The zero-order valence-corrected chi connectivity index (χ0v) is 13.1. The Balaban J connectivity index is 2.16.